The molecule has 0 spiro atoms. The third-order valence-electron chi connectivity index (χ3n) is 6.18. The number of benzene rings is 1. The van der Waals surface area contributed by atoms with Gasteiger partial charge in [-0.25, -0.2) is 9.98 Å². The van der Waals surface area contributed by atoms with E-state index in [1.165, 1.54) is 0 Å². The Kier molecular flexibility index (Phi) is 7.78. The Balaban J connectivity index is 1.30. The maximum atomic E-state index is 11.9. The third kappa shape index (κ3) is 6.22. The van der Waals surface area contributed by atoms with Crippen LogP contribution in [-0.2, 0) is 17.9 Å². The lowest BCUT2D eigenvalue weighted by molar-refractivity contribution is -0.117. The van der Waals surface area contributed by atoms with Crippen LogP contribution in [0.4, 0.5) is 11.5 Å². The summed E-state index contributed by atoms with van der Waals surface area (Å²) in [5.41, 5.74) is 3.22. The molecule has 1 amide bonds. The highest BCUT2D eigenvalue weighted by molar-refractivity contribution is 5.95. The molecule has 2 fully saturated rings. The fourth-order valence-corrected chi connectivity index (χ4v) is 4.15. The Morgan fingerprint density at radius 1 is 1.00 bits per heavy atom. The van der Waals surface area contributed by atoms with E-state index in [9.17, 15) is 4.79 Å². The zero-order chi connectivity index (χ0) is 23.0. The summed E-state index contributed by atoms with van der Waals surface area (Å²) in [7, 11) is 2.16. The van der Waals surface area contributed by atoms with Crippen molar-refractivity contribution in [3.05, 3.63) is 53.7 Å². The first-order chi connectivity index (χ1) is 16.1. The number of carbonyl (C=O) groups is 1. The maximum Gasteiger partial charge on any atom is 0.227 e. The van der Waals surface area contributed by atoms with Crippen molar-refractivity contribution in [2.24, 2.45) is 4.99 Å². The molecule has 0 radical (unpaired) electrons. The van der Waals surface area contributed by atoms with Gasteiger partial charge in [0.15, 0.2) is 5.96 Å². The number of rotatable bonds is 7. The normalized spacial score (nSPS) is 17.5. The van der Waals surface area contributed by atoms with Gasteiger partial charge in [0.1, 0.15) is 5.82 Å². The van der Waals surface area contributed by atoms with Crippen molar-refractivity contribution in [3.8, 4) is 0 Å². The highest BCUT2D eigenvalue weighted by Gasteiger charge is 2.21. The SMILES string of the molecule is CCNC(=NCc1ccc(N2CCN(C)CC2)nc1)NCc1ccc(N2CCCC2=O)cc1. The summed E-state index contributed by atoms with van der Waals surface area (Å²) in [6.07, 6.45) is 3.53. The van der Waals surface area contributed by atoms with Crippen LogP contribution >= 0.6 is 0 Å². The van der Waals surface area contributed by atoms with Gasteiger partial charge < -0.3 is 25.3 Å². The molecule has 2 aliphatic rings. The highest BCUT2D eigenvalue weighted by Crippen LogP contribution is 2.21. The van der Waals surface area contributed by atoms with Crippen LogP contribution in [0.2, 0.25) is 0 Å². The molecule has 2 aromatic rings. The van der Waals surface area contributed by atoms with E-state index in [0.29, 0.717) is 19.5 Å². The second-order valence-corrected chi connectivity index (χ2v) is 8.68. The van der Waals surface area contributed by atoms with Gasteiger partial charge in [0, 0.05) is 64.1 Å². The minimum absolute atomic E-state index is 0.216. The third-order valence-corrected chi connectivity index (χ3v) is 6.18. The molecule has 33 heavy (non-hydrogen) atoms. The zero-order valence-electron chi connectivity index (χ0n) is 19.8. The van der Waals surface area contributed by atoms with Crippen molar-refractivity contribution >= 4 is 23.4 Å². The maximum absolute atomic E-state index is 11.9. The van der Waals surface area contributed by atoms with Gasteiger partial charge in [-0.15, -0.1) is 0 Å². The van der Waals surface area contributed by atoms with E-state index in [-0.39, 0.29) is 5.91 Å². The van der Waals surface area contributed by atoms with Gasteiger partial charge in [0.05, 0.1) is 6.54 Å². The average molecular weight is 450 g/mol. The number of hydrogen-bond acceptors (Lipinski definition) is 5. The molecule has 3 heterocycles. The van der Waals surface area contributed by atoms with Crippen LogP contribution in [-0.4, -0.2) is 68.1 Å². The second kappa shape index (κ2) is 11.1. The van der Waals surface area contributed by atoms with Crippen molar-refractivity contribution in [1.82, 2.24) is 20.5 Å². The number of likely N-dealkylation sites (N-methyl/N-ethyl adjacent to an activating group) is 1. The van der Waals surface area contributed by atoms with Crippen LogP contribution in [0.25, 0.3) is 0 Å². The fraction of sp³-hybridized carbons (Fsp3) is 0.480. The topological polar surface area (TPSA) is 76.1 Å². The zero-order valence-corrected chi connectivity index (χ0v) is 19.8. The number of pyridine rings is 1. The number of aromatic nitrogens is 1. The number of aliphatic imine (C=N–C) groups is 1. The molecule has 0 unspecified atom stereocenters. The first-order valence-electron chi connectivity index (χ1n) is 11.9. The van der Waals surface area contributed by atoms with Crippen molar-refractivity contribution in [1.29, 1.82) is 0 Å². The number of nitrogens with zero attached hydrogens (tertiary/aromatic N) is 5. The molecule has 0 bridgehead atoms. The van der Waals surface area contributed by atoms with E-state index < -0.39 is 0 Å². The van der Waals surface area contributed by atoms with Crippen LogP contribution < -0.4 is 20.4 Å². The molecule has 8 nitrogen and oxygen atoms in total. The lowest BCUT2D eigenvalue weighted by Gasteiger charge is -2.33. The molecule has 176 valence electrons. The molecule has 2 aliphatic heterocycles. The number of hydrogen-bond donors (Lipinski definition) is 2. The van der Waals surface area contributed by atoms with E-state index in [2.05, 4.69) is 63.7 Å². The molecule has 2 saturated heterocycles. The Labute approximate surface area is 196 Å². The average Bonchev–Trinajstić information content (AvgIpc) is 3.28. The van der Waals surface area contributed by atoms with Gasteiger partial charge in [-0.3, -0.25) is 4.79 Å². The molecule has 2 N–H and O–H groups in total. The van der Waals surface area contributed by atoms with E-state index in [4.69, 9.17) is 4.99 Å². The van der Waals surface area contributed by atoms with Gasteiger partial charge in [-0.05, 0) is 49.7 Å². The predicted molar refractivity (Wildman–Crippen MR) is 134 cm³/mol. The monoisotopic (exact) mass is 449 g/mol. The van der Waals surface area contributed by atoms with Crippen molar-refractivity contribution in [2.45, 2.75) is 32.9 Å². The smallest absolute Gasteiger partial charge is 0.227 e. The van der Waals surface area contributed by atoms with Gasteiger partial charge in [-0.2, -0.15) is 0 Å². The molecule has 0 aliphatic carbocycles. The van der Waals surface area contributed by atoms with Crippen molar-refractivity contribution in [3.63, 3.8) is 0 Å². The Morgan fingerprint density at radius 2 is 1.76 bits per heavy atom. The number of guanidine groups is 1. The number of amides is 1. The molecule has 1 aromatic carbocycles. The van der Waals surface area contributed by atoms with Crippen LogP contribution in [0, 0.1) is 0 Å². The van der Waals surface area contributed by atoms with Crippen LogP contribution in [0.5, 0.6) is 0 Å². The summed E-state index contributed by atoms with van der Waals surface area (Å²) in [6, 6.07) is 12.4. The Bertz CT molecular complexity index is 934. The summed E-state index contributed by atoms with van der Waals surface area (Å²) in [5, 5.41) is 6.70. The molecule has 0 saturated carbocycles. The lowest BCUT2D eigenvalue weighted by Crippen LogP contribution is -2.44. The molecule has 8 heteroatoms. The van der Waals surface area contributed by atoms with E-state index >= 15 is 0 Å². The van der Waals surface area contributed by atoms with Crippen LogP contribution in [0.3, 0.4) is 0 Å². The Morgan fingerprint density at radius 3 is 2.39 bits per heavy atom. The summed E-state index contributed by atoms with van der Waals surface area (Å²) in [6.45, 7) is 9.10. The fourth-order valence-electron chi connectivity index (χ4n) is 4.15. The lowest BCUT2D eigenvalue weighted by atomic mass is 10.2. The standard InChI is InChI=1S/C25H35N7O/c1-3-26-25(28-17-20-6-9-22(10-7-20)32-12-4-5-24(32)33)29-19-21-8-11-23(27-18-21)31-15-13-30(2)14-16-31/h6-11,18H,3-5,12-17,19H2,1-2H3,(H2,26,28,29). The van der Waals surface area contributed by atoms with Gasteiger partial charge in [0.25, 0.3) is 0 Å². The summed E-state index contributed by atoms with van der Waals surface area (Å²) in [4.78, 5) is 27.9. The number of nitrogens with one attached hydrogen (secondary N) is 2. The summed E-state index contributed by atoms with van der Waals surface area (Å²) < 4.78 is 0. The minimum atomic E-state index is 0.216. The van der Waals surface area contributed by atoms with Gasteiger partial charge in [0.2, 0.25) is 5.91 Å². The predicted octanol–water partition coefficient (Wildman–Crippen LogP) is 2.22. The van der Waals surface area contributed by atoms with E-state index in [1.54, 1.807) is 0 Å². The minimum Gasteiger partial charge on any atom is -0.357 e. The van der Waals surface area contributed by atoms with Gasteiger partial charge >= 0.3 is 0 Å². The Hall–Kier alpha value is -3.13. The molecular formula is C25H35N7O. The van der Waals surface area contributed by atoms with Gasteiger partial charge in [-0.1, -0.05) is 18.2 Å². The van der Waals surface area contributed by atoms with Crippen LogP contribution in [0.1, 0.15) is 30.9 Å². The first kappa shape index (κ1) is 23.0. The van der Waals surface area contributed by atoms with Crippen LogP contribution in [0.15, 0.2) is 47.6 Å². The largest absolute Gasteiger partial charge is 0.357 e. The number of carbonyl (C=O) groups excluding carboxylic acids is 1. The molecular weight excluding hydrogens is 414 g/mol. The van der Waals surface area contributed by atoms with E-state index in [0.717, 1.165) is 74.3 Å². The quantitative estimate of drug-likeness (QED) is 0.499. The molecule has 1 aromatic heterocycles. The second-order valence-electron chi connectivity index (χ2n) is 8.68. The van der Waals surface area contributed by atoms with Crippen molar-refractivity contribution in [2.75, 3.05) is 56.1 Å². The first-order valence-corrected chi connectivity index (χ1v) is 11.9. The molecule has 0 atom stereocenters. The van der Waals surface area contributed by atoms with Crippen molar-refractivity contribution < 1.29 is 4.79 Å². The summed E-state index contributed by atoms with van der Waals surface area (Å²) in [5.74, 6) is 2.04. The number of piperazine rings is 1. The summed E-state index contributed by atoms with van der Waals surface area (Å²) >= 11 is 0. The highest BCUT2D eigenvalue weighted by atomic mass is 16.2. The number of anilines is 2. The molecule has 4 rings (SSSR count). The van der Waals surface area contributed by atoms with E-state index in [1.807, 2.05) is 23.2 Å².